The molecule has 1 atom stereocenters. The van der Waals surface area contributed by atoms with Crippen LogP contribution in [0.1, 0.15) is 33.1 Å². The summed E-state index contributed by atoms with van der Waals surface area (Å²) in [5.74, 6) is -0.216. The Balaban J connectivity index is 2.53. The van der Waals surface area contributed by atoms with Crippen molar-refractivity contribution in [2.24, 2.45) is 0 Å². The van der Waals surface area contributed by atoms with Crippen molar-refractivity contribution in [3.63, 3.8) is 0 Å². The molecule has 0 heterocycles. The minimum Gasteiger partial charge on any atom is -0.353 e. The Morgan fingerprint density at radius 1 is 1.50 bits per heavy atom. The van der Waals surface area contributed by atoms with Crippen molar-refractivity contribution in [2.75, 3.05) is 12.8 Å². The number of hydrogen-bond donors (Lipinski definition) is 1. The maximum atomic E-state index is 11.6. The first-order chi connectivity index (χ1) is 7.34. The predicted octanol–water partition coefficient (Wildman–Crippen LogP) is 0.325. The molecule has 1 amide bonds. The lowest BCUT2D eigenvalue weighted by Gasteiger charge is -2.20. The fourth-order valence-corrected chi connectivity index (χ4v) is 2.55. The van der Waals surface area contributed by atoms with Crippen LogP contribution in [0.15, 0.2) is 0 Å². The summed E-state index contributed by atoms with van der Waals surface area (Å²) in [5.41, 5.74) is 0. The zero-order valence-electron chi connectivity index (χ0n) is 10.1. The van der Waals surface area contributed by atoms with E-state index in [-0.39, 0.29) is 24.5 Å². The van der Waals surface area contributed by atoms with Gasteiger partial charge in [-0.3, -0.25) is 4.79 Å². The minimum atomic E-state index is -3.27. The molecule has 1 aliphatic carbocycles. The van der Waals surface area contributed by atoms with Crippen molar-refractivity contribution in [1.29, 1.82) is 0 Å². The van der Waals surface area contributed by atoms with Gasteiger partial charge in [0.25, 0.3) is 0 Å². The molecular weight excluding hydrogens is 228 g/mol. The molecule has 94 valence electrons. The SMILES string of the molecule is CCC(C)NC(=O)CN(C1CC1)S(C)(=O)=O. The molecule has 0 aromatic rings. The van der Waals surface area contributed by atoms with Gasteiger partial charge in [0.05, 0.1) is 12.8 Å². The number of sulfonamides is 1. The number of carbonyl (C=O) groups excluding carboxylic acids is 1. The smallest absolute Gasteiger partial charge is 0.235 e. The van der Waals surface area contributed by atoms with E-state index in [1.165, 1.54) is 4.31 Å². The lowest BCUT2D eigenvalue weighted by Crippen LogP contribution is -2.43. The lowest BCUT2D eigenvalue weighted by atomic mass is 10.2. The van der Waals surface area contributed by atoms with E-state index in [1.807, 2.05) is 13.8 Å². The highest BCUT2D eigenvalue weighted by Crippen LogP contribution is 2.28. The third-order valence-corrected chi connectivity index (χ3v) is 3.98. The molecule has 0 aliphatic heterocycles. The summed E-state index contributed by atoms with van der Waals surface area (Å²) < 4.78 is 24.2. The highest BCUT2D eigenvalue weighted by Gasteiger charge is 2.36. The largest absolute Gasteiger partial charge is 0.353 e. The van der Waals surface area contributed by atoms with Gasteiger partial charge < -0.3 is 5.32 Å². The van der Waals surface area contributed by atoms with Crippen LogP contribution >= 0.6 is 0 Å². The second-order valence-corrected chi connectivity index (χ2v) is 6.35. The normalized spacial score (nSPS) is 18.5. The summed E-state index contributed by atoms with van der Waals surface area (Å²) in [5, 5.41) is 2.77. The third kappa shape index (κ3) is 4.09. The van der Waals surface area contributed by atoms with Gasteiger partial charge in [0.15, 0.2) is 0 Å². The highest BCUT2D eigenvalue weighted by atomic mass is 32.2. The average molecular weight is 248 g/mol. The number of amides is 1. The average Bonchev–Trinajstić information content (AvgIpc) is 2.95. The van der Waals surface area contributed by atoms with Crippen LogP contribution < -0.4 is 5.32 Å². The molecule has 1 saturated carbocycles. The van der Waals surface area contributed by atoms with Gasteiger partial charge >= 0.3 is 0 Å². The van der Waals surface area contributed by atoms with E-state index >= 15 is 0 Å². The first-order valence-corrected chi connectivity index (χ1v) is 7.45. The summed E-state index contributed by atoms with van der Waals surface area (Å²) in [4.78, 5) is 11.6. The van der Waals surface area contributed by atoms with Crippen LogP contribution in [0.5, 0.6) is 0 Å². The second-order valence-electron chi connectivity index (χ2n) is 4.42. The van der Waals surface area contributed by atoms with E-state index in [9.17, 15) is 13.2 Å². The summed E-state index contributed by atoms with van der Waals surface area (Å²) in [7, 11) is -3.27. The topological polar surface area (TPSA) is 66.5 Å². The number of rotatable bonds is 6. The lowest BCUT2D eigenvalue weighted by molar-refractivity contribution is -0.122. The molecule has 0 bridgehead atoms. The van der Waals surface area contributed by atoms with Gasteiger partial charge in [0.2, 0.25) is 15.9 Å². The molecule has 16 heavy (non-hydrogen) atoms. The van der Waals surface area contributed by atoms with Gasteiger partial charge in [-0.15, -0.1) is 0 Å². The Kier molecular flexibility index (Phi) is 4.32. The van der Waals surface area contributed by atoms with Crippen molar-refractivity contribution < 1.29 is 13.2 Å². The quantitative estimate of drug-likeness (QED) is 0.736. The second kappa shape index (κ2) is 5.14. The zero-order chi connectivity index (χ0) is 12.3. The molecule has 0 aromatic heterocycles. The van der Waals surface area contributed by atoms with Crippen LogP contribution in [-0.4, -0.2) is 43.5 Å². The third-order valence-electron chi connectivity index (χ3n) is 2.70. The van der Waals surface area contributed by atoms with Crippen LogP contribution in [0.25, 0.3) is 0 Å². The highest BCUT2D eigenvalue weighted by molar-refractivity contribution is 7.88. The van der Waals surface area contributed by atoms with Gasteiger partial charge in [0.1, 0.15) is 0 Å². The van der Waals surface area contributed by atoms with Gasteiger partial charge in [-0.1, -0.05) is 6.92 Å². The summed E-state index contributed by atoms with van der Waals surface area (Å²) in [6.45, 7) is 3.83. The van der Waals surface area contributed by atoms with Crippen molar-refractivity contribution in [3.05, 3.63) is 0 Å². The molecule has 0 aromatic carbocycles. The van der Waals surface area contributed by atoms with E-state index in [0.717, 1.165) is 25.5 Å². The molecule has 1 rings (SSSR count). The van der Waals surface area contributed by atoms with Crippen LogP contribution in [0.4, 0.5) is 0 Å². The zero-order valence-corrected chi connectivity index (χ0v) is 10.9. The van der Waals surface area contributed by atoms with Gasteiger partial charge in [-0.25, -0.2) is 8.42 Å². The van der Waals surface area contributed by atoms with Crippen LogP contribution in [0, 0.1) is 0 Å². The molecule has 1 aliphatic rings. The number of nitrogens with one attached hydrogen (secondary N) is 1. The first-order valence-electron chi connectivity index (χ1n) is 5.60. The van der Waals surface area contributed by atoms with Crippen molar-refractivity contribution in [2.45, 2.75) is 45.2 Å². The molecule has 1 unspecified atom stereocenters. The monoisotopic (exact) mass is 248 g/mol. The van der Waals surface area contributed by atoms with Gasteiger partial charge in [0, 0.05) is 12.1 Å². The molecule has 6 heteroatoms. The van der Waals surface area contributed by atoms with Crippen LogP contribution in [-0.2, 0) is 14.8 Å². The minimum absolute atomic E-state index is 0.0395. The van der Waals surface area contributed by atoms with E-state index < -0.39 is 10.0 Å². The molecule has 0 spiro atoms. The fraction of sp³-hybridized carbons (Fsp3) is 0.900. The van der Waals surface area contributed by atoms with E-state index in [1.54, 1.807) is 0 Å². The van der Waals surface area contributed by atoms with Gasteiger partial charge in [-0.2, -0.15) is 4.31 Å². The maximum absolute atomic E-state index is 11.6. The first kappa shape index (κ1) is 13.4. The van der Waals surface area contributed by atoms with Crippen molar-refractivity contribution >= 4 is 15.9 Å². The summed E-state index contributed by atoms with van der Waals surface area (Å²) in [6, 6.07) is 0.130. The molecule has 1 N–H and O–H groups in total. The predicted molar refractivity (Wildman–Crippen MR) is 62.5 cm³/mol. The van der Waals surface area contributed by atoms with Crippen molar-refractivity contribution in [1.82, 2.24) is 9.62 Å². The Hall–Kier alpha value is -0.620. The number of carbonyl (C=O) groups is 1. The van der Waals surface area contributed by atoms with E-state index in [2.05, 4.69) is 5.32 Å². The summed E-state index contributed by atoms with van der Waals surface area (Å²) >= 11 is 0. The van der Waals surface area contributed by atoms with Crippen LogP contribution in [0.2, 0.25) is 0 Å². The Morgan fingerprint density at radius 3 is 2.44 bits per heavy atom. The Labute approximate surface area is 97.2 Å². The van der Waals surface area contributed by atoms with E-state index in [4.69, 9.17) is 0 Å². The van der Waals surface area contributed by atoms with Gasteiger partial charge in [-0.05, 0) is 26.2 Å². The molecular formula is C10H20N2O3S. The number of hydrogen-bond acceptors (Lipinski definition) is 3. The Morgan fingerprint density at radius 2 is 2.06 bits per heavy atom. The molecule has 5 nitrogen and oxygen atoms in total. The molecule has 0 radical (unpaired) electrons. The number of nitrogens with zero attached hydrogens (tertiary/aromatic N) is 1. The molecule has 0 saturated heterocycles. The standard InChI is InChI=1S/C10H20N2O3S/c1-4-8(2)11-10(13)7-12(9-5-6-9)16(3,14)15/h8-9H,4-7H2,1-3H3,(H,11,13). The fourth-order valence-electron chi connectivity index (χ4n) is 1.44. The Bertz CT molecular complexity index is 349. The van der Waals surface area contributed by atoms with Crippen LogP contribution in [0.3, 0.4) is 0 Å². The maximum Gasteiger partial charge on any atom is 0.235 e. The summed E-state index contributed by atoms with van der Waals surface area (Å²) in [6.07, 6.45) is 3.73. The van der Waals surface area contributed by atoms with E-state index in [0.29, 0.717) is 0 Å². The van der Waals surface area contributed by atoms with Crippen molar-refractivity contribution in [3.8, 4) is 0 Å². The molecule has 1 fully saturated rings.